The number of amides is 1. The average Bonchev–Trinajstić information content (AvgIpc) is 2.80. The van der Waals surface area contributed by atoms with Crippen molar-refractivity contribution >= 4 is 21.6 Å². The van der Waals surface area contributed by atoms with Crippen LogP contribution in [0.15, 0.2) is 29.2 Å². The quantitative estimate of drug-likeness (QED) is 0.614. The lowest BCUT2D eigenvalue weighted by molar-refractivity contribution is -0.117. The molecular weight excluding hydrogens is 456 g/mol. The highest BCUT2D eigenvalue weighted by Gasteiger charge is 2.28. The lowest BCUT2D eigenvalue weighted by atomic mass is 9.95. The number of carbonyl (C=O) groups excluding carboxylic acids is 1. The molecule has 0 bridgehead atoms. The Kier molecular flexibility index (Phi) is 8.60. The molecule has 0 radical (unpaired) electrons. The van der Waals surface area contributed by atoms with E-state index in [0.29, 0.717) is 44.5 Å². The summed E-state index contributed by atoms with van der Waals surface area (Å²) in [6.45, 7) is 11.0. The van der Waals surface area contributed by atoms with Crippen LogP contribution in [0.3, 0.4) is 0 Å². The van der Waals surface area contributed by atoms with Crippen molar-refractivity contribution < 1.29 is 22.7 Å². The van der Waals surface area contributed by atoms with E-state index >= 15 is 0 Å². The van der Waals surface area contributed by atoms with Crippen molar-refractivity contribution in [3.05, 3.63) is 24.3 Å². The zero-order valence-electron chi connectivity index (χ0n) is 20.3. The van der Waals surface area contributed by atoms with E-state index in [4.69, 9.17) is 9.47 Å². The van der Waals surface area contributed by atoms with Gasteiger partial charge in [-0.1, -0.05) is 6.07 Å². The van der Waals surface area contributed by atoms with Gasteiger partial charge in [0.1, 0.15) is 0 Å². The van der Waals surface area contributed by atoms with Crippen molar-refractivity contribution in [2.45, 2.75) is 43.8 Å². The molecule has 0 aromatic heterocycles. The molecule has 190 valence electrons. The number of benzene rings is 1. The average molecular weight is 495 g/mol. The lowest BCUT2D eigenvalue weighted by Gasteiger charge is -2.39. The van der Waals surface area contributed by atoms with Gasteiger partial charge < -0.3 is 14.8 Å². The zero-order chi connectivity index (χ0) is 24.1. The van der Waals surface area contributed by atoms with E-state index in [9.17, 15) is 13.2 Å². The Morgan fingerprint density at radius 2 is 1.71 bits per heavy atom. The third-order valence-electron chi connectivity index (χ3n) is 6.81. The van der Waals surface area contributed by atoms with Gasteiger partial charge in [0.15, 0.2) is 0 Å². The third-order valence-corrected chi connectivity index (χ3v) is 8.71. The fourth-order valence-corrected chi connectivity index (χ4v) is 6.65. The molecule has 3 heterocycles. The molecule has 3 saturated heterocycles. The monoisotopic (exact) mass is 494 g/mol. The number of morpholine rings is 2. The Hall–Kier alpha value is -1.56. The maximum absolute atomic E-state index is 12.9. The van der Waals surface area contributed by atoms with Gasteiger partial charge >= 0.3 is 0 Å². The van der Waals surface area contributed by atoms with E-state index in [-0.39, 0.29) is 23.0 Å². The number of nitrogens with one attached hydrogen (secondary N) is 1. The standard InChI is InChI=1S/C24H38N4O5S/c1-19-15-27(16-20(2)33-19)17-21-6-8-26(9-7-21)18-24(29)25-22-4-3-5-23(14-22)34(30,31)28-10-12-32-13-11-28/h3-5,14,19-21H,6-13,15-18H2,1-2H3,(H,25,29). The number of sulfonamides is 1. The molecule has 2 atom stereocenters. The molecule has 3 fully saturated rings. The van der Waals surface area contributed by atoms with Crippen LogP contribution in [0.2, 0.25) is 0 Å². The largest absolute Gasteiger partial charge is 0.379 e. The molecule has 0 aliphatic carbocycles. The highest BCUT2D eigenvalue weighted by molar-refractivity contribution is 7.89. The summed E-state index contributed by atoms with van der Waals surface area (Å²) >= 11 is 0. The van der Waals surface area contributed by atoms with Crippen LogP contribution in [0.1, 0.15) is 26.7 Å². The molecule has 9 nitrogen and oxygen atoms in total. The number of carbonyl (C=O) groups is 1. The van der Waals surface area contributed by atoms with Crippen LogP contribution in [0, 0.1) is 5.92 Å². The SMILES string of the molecule is CC1CN(CC2CCN(CC(=O)Nc3cccc(S(=O)(=O)N4CCOCC4)c3)CC2)CC(C)O1. The van der Waals surface area contributed by atoms with Gasteiger partial charge in [-0.25, -0.2) is 8.42 Å². The fourth-order valence-electron chi connectivity index (χ4n) is 5.20. The van der Waals surface area contributed by atoms with Crippen LogP contribution in [0.25, 0.3) is 0 Å². The maximum atomic E-state index is 12.9. The Morgan fingerprint density at radius 3 is 2.38 bits per heavy atom. The summed E-state index contributed by atoms with van der Waals surface area (Å²) in [5, 5.41) is 2.88. The van der Waals surface area contributed by atoms with Crippen molar-refractivity contribution in [2.24, 2.45) is 5.92 Å². The van der Waals surface area contributed by atoms with Crippen molar-refractivity contribution in [1.82, 2.24) is 14.1 Å². The third kappa shape index (κ3) is 6.77. The predicted octanol–water partition coefficient (Wildman–Crippen LogP) is 1.47. The molecule has 1 aromatic carbocycles. The molecule has 10 heteroatoms. The highest BCUT2D eigenvalue weighted by Crippen LogP contribution is 2.22. The van der Waals surface area contributed by atoms with Gasteiger partial charge in [0.05, 0.1) is 36.9 Å². The van der Waals surface area contributed by atoms with E-state index < -0.39 is 10.0 Å². The summed E-state index contributed by atoms with van der Waals surface area (Å²) in [5.41, 5.74) is 0.504. The van der Waals surface area contributed by atoms with Gasteiger partial charge in [-0.2, -0.15) is 4.31 Å². The second-order valence-corrected chi connectivity index (χ2v) is 11.7. The van der Waals surface area contributed by atoms with Gasteiger partial charge in [-0.15, -0.1) is 0 Å². The number of likely N-dealkylation sites (tertiary alicyclic amines) is 1. The topological polar surface area (TPSA) is 91.4 Å². The first-order chi connectivity index (χ1) is 16.3. The second-order valence-electron chi connectivity index (χ2n) is 9.79. The number of hydrogen-bond donors (Lipinski definition) is 1. The Balaban J connectivity index is 1.24. The van der Waals surface area contributed by atoms with Gasteiger partial charge in [0.2, 0.25) is 15.9 Å². The number of piperidine rings is 1. The first-order valence-corrected chi connectivity index (χ1v) is 13.8. The van der Waals surface area contributed by atoms with Gasteiger partial charge in [0.25, 0.3) is 0 Å². The van der Waals surface area contributed by atoms with Crippen molar-refractivity contribution in [2.75, 3.05) is 70.9 Å². The van der Waals surface area contributed by atoms with E-state index in [1.54, 1.807) is 24.3 Å². The van der Waals surface area contributed by atoms with Crippen LogP contribution in [-0.4, -0.2) is 106 Å². The second kappa shape index (κ2) is 11.5. The Morgan fingerprint density at radius 1 is 1.03 bits per heavy atom. The van der Waals surface area contributed by atoms with E-state index in [1.165, 1.54) is 4.31 Å². The summed E-state index contributed by atoms with van der Waals surface area (Å²) in [7, 11) is -3.59. The zero-order valence-corrected chi connectivity index (χ0v) is 21.1. The Bertz CT molecular complexity index is 919. The Labute approximate surface area is 203 Å². The number of nitrogens with zero attached hydrogens (tertiary/aromatic N) is 3. The molecule has 34 heavy (non-hydrogen) atoms. The van der Waals surface area contributed by atoms with Crippen LogP contribution >= 0.6 is 0 Å². The van der Waals surface area contributed by atoms with Crippen LogP contribution < -0.4 is 5.32 Å². The fraction of sp³-hybridized carbons (Fsp3) is 0.708. The number of anilines is 1. The van der Waals surface area contributed by atoms with Gasteiger partial charge in [-0.05, 0) is 63.9 Å². The van der Waals surface area contributed by atoms with E-state index in [1.807, 2.05) is 0 Å². The number of ether oxygens (including phenoxy) is 2. The van der Waals surface area contributed by atoms with Gasteiger partial charge in [-0.3, -0.25) is 14.6 Å². The van der Waals surface area contributed by atoms with Crippen molar-refractivity contribution in [1.29, 1.82) is 0 Å². The van der Waals surface area contributed by atoms with Crippen molar-refractivity contribution in [3.63, 3.8) is 0 Å². The van der Waals surface area contributed by atoms with Gasteiger partial charge in [0, 0.05) is 38.4 Å². The molecule has 3 aliphatic rings. The summed E-state index contributed by atoms with van der Waals surface area (Å²) < 4.78 is 38.3. The summed E-state index contributed by atoms with van der Waals surface area (Å²) in [6, 6.07) is 6.51. The van der Waals surface area contributed by atoms with E-state index in [2.05, 4.69) is 29.0 Å². The maximum Gasteiger partial charge on any atom is 0.243 e. The summed E-state index contributed by atoms with van der Waals surface area (Å²) in [4.78, 5) is 17.6. The molecule has 1 aromatic rings. The van der Waals surface area contributed by atoms with Crippen LogP contribution in [-0.2, 0) is 24.3 Å². The summed E-state index contributed by atoms with van der Waals surface area (Å²) in [5.74, 6) is 0.536. The molecule has 0 spiro atoms. The van der Waals surface area contributed by atoms with Crippen LogP contribution in [0.5, 0.6) is 0 Å². The highest BCUT2D eigenvalue weighted by atomic mass is 32.2. The van der Waals surface area contributed by atoms with Crippen LogP contribution in [0.4, 0.5) is 5.69 Å². The molecule has 0 saturated carbocycles. The molecule has 4 rings (SSSR count). The molecule has 1 N–H and O–H groups in total. The minimum absolute atomic E-state index is 0.116. The number of rotatable bonds is 7. The smallest absolute Gasteiger partial charge is 0.243 e. The lowest BCUT2D eigenvalue weighted by Crippen LogP contribution is -2.48. The van der Waals surface area contributed by atoms with E-state index in [0.717, 1.165) is 45.6 Å². The molecule has 3 aliphatic heterocycles. The van der Waals surface area contributed by atoms with Crippen molar-refractivity contribution in [3.8, 4) is 0 Å². The molecule has 1 amide bonds. The first kappa shape index (κ1) is 25.5. The minimum atomic E-state index is -3.59. The summed E-state index contributed by atoms with van der Waals surface area (Å²) in [6.07, 6.45) is 2.74. The number of hydrogen-bond acceptors (Lipinski definition) is 7. The molecule has 2 unspecified atom stereocenters. The minimum Gasteiger partial charge on any atom is -0.379 e. The molecular formula is C24H38N4O5S. The predicted molar refractivity (Wildman–Crippen MR) is 130 cm³/mol. The first-order valence-electron chi connectivity index (χ1n) is 12.4. The normalized spacial score (nSPS) is 26.4.